The Kier molecular flexibility index (Phi) is 2.05. The summed E-state index contributed by atoms with van der Waals surface area (Å²) in [6.07, 6.45) is 3.57. The number of thiophene rings is 1. The van der Waals surface area contributed by atoms with Gasteiger partial charge in [0.15, 0.2) is 0 Å². The molecule has 0 bridgehead atoms. The van der Waals surface area contributed by atoms with Crippen LogP contribution in [0.15, 0.2) is 9.85 Å². The molecular weight excluding hydrogens is 234 g/mol. The maximum Gasteiger partial charge on any atom is 0.0515 e. The van der Waals surface area contributed by atoms with Gasteiger partial charge in [0.25, 0.3) is 0 Å². The third-order valence-electron chi connectivity index (χ3n) is 2.60. The summed E-state index contributed by atoms with van der Waals surface area (Å²) in [5.74, 6) is 0. The van der Waals surface area contributed by atoms with Gasteiger partial charge in [0.1, 0.15) is 0 Å². The topological polar surface area (TPSA) is 26.0 Å². The Morgan fingerprint density at radius 3 is 2.58 bits per heavy atom. The second kappa shape index (κ2) is 2.82. The Balaban J connectivity index is 2.39. The molecule has 2 rings (SSSR count). The number of nitrogens with two attached hydrogens (primary N) is 1. The summed E-state index contributed by atoms with van der Waals surface area (Å²) in [7, 11) is 0. The van der Waals surface area contributed by atoms with Crippen LogP contribution in [0.1, 0.15) is 29.7 Å². The quantitative estimate of drug-likeness (QED) is 0.809. The highest BCUT2D eigenvalue weighted by Crippen LogP contribution is 2.45. The number of aryl methyl sites for hydroxylation is 1. The van der Waals surface area contributed by atoms with Crippen molar-refractivity contribution in [3.8, 4) is 0 Å². The largest absolute Gasteiger partial charge is 0.321 e. The molecule has 3 heteroatoms. The Labute approximate surface area is 85.1 Å². The minimum atomic E-state index is -0.00222. The van der Waals surface area contributed by atoms with Crippen molar-refractivity contribution < 1.29 is 0 Å². The third kappa shape index (κ3) is 1.15. The van der Waals surface area contributed by atoms with E-state index in [-0.39, 0.29) is 5.54 Å². The van der Waals surface area contributed by atoms with E-state index in [2.05, 4.69) is 28.2 Å². The molecule has 1 aliphatic rings. The molecule has 1 saturated carbocycles. The van der Waals surface area contributed by atoms with E-state index < -0.39 is 0 Å². The van der Waals surface area contributed by atoms with Crippen LogP contribution < -0.4 is 5.73 Å². The zero-order valence-corrected chi connectivity index (χ0v) is 9.46. The van der Waals surface area contributed by atoms with E-state index in [4.69, 9.17) is 5.73 Å². The van der Waals surface area contributed by atoms with E-state index in [9.17, 15) is 0 Å². The number of hydrogen-bond donors (Lipinski definition) is 1. The van der Waals surface area contributed by atoms with Crippen LogP contribution >= 0.6 is 27.3 Å². The highest BCUT2D eigenvalue weighted by atomic mass is 79.9. The van der Waals surface area contributed by atoms with Gasteiger partial charge >= 0.3 is 0 Å². The lowest BCUT2D eigenvalue weighted by Crippen LogP contribution is -2.42. The summed E-state index contributed by atoms with van der Waals surface area (Å²) >= 11 is 5.38. The van der Waals surface area contributed by atoms with Crippen molar-refractivity contribution in [1.29, 1.82) is 0 Å². The van der Waals surface area contributed by atoms with Crippen LogP contribution in [-0.4, -0.2) is 0 Å². The van der Waals surface area contributed by atoms with Crippen molar-refractivity contribution in [2.45, 2.75) is 31.7 Å². The summed E-state index contributed by atoms with van der Waals surface area (Å²) in [5.41, 5.74) is 7.53. The molecule has 1 nitrogen and oxygen atoms in total. The third-order valence-corrected chi connectivity index (χ3v) is 5.20. The van der Waals surface area contributed by atoms with Crippen molar-refractivity contribution in [3.05, 3.63) is 20.3 Å². The minimum Gasteiger partial charge on any atom is -0.321 e. The van der Waals surface area contributed by atoms with Gasteiger partial charge in [0, 0.05) is 9.35 Å². The average Bonchev–Trinajstić information content (AvgIpc) is 2.29. The first-order chi connectivity index (χ1) is 5.63. The van der Waals surface area contributed by atoms with Gasteiger partial charge < -0.3 is 5.73 Å². The van der Waals surface area contributed by atoms with Crippen molar-refractivity contribution in [1.82, 2.24) is 0 Å². The fourth-order valence-electron chi connectivity index (χ4n) is 1.55. The maximum absolute atomic E-state index is 6.22. The average molecular weight is 246 g/mol. The summed E-state index contributed by atoms with van der Waals surface area (Å²) in [6, 6.07) is 0. The first-order valence-electron chi connectivity index (χ1n) is 4.16. The second-order valence-electron chi connectivity index (χ2n) is 3.57. The van der Waals surface area contributed by atoms with Gasteiger partial charge in [-0.1, -0.05) is 0 Å². The molecule has 66 valence electrons. The molecule has 0 saturated heterocycles. The van der Waals surface area contributed by atoms with E-state index in [0.29, 0.717) is 0 Å². The Bertz CT molecular complexity index is 301. The van der Waals surface area contributed by atoms with Crippen LogP contribution in [0.4, 0.5) is 0 Å². The first-order valence-corrected chi connectivity index (χ1v) is 5.84. The van der Waals surface area contributed by atoms with Crippen molar-refractivity contribution in [2.24, 2.45) is 5.73 Å². The van der Waals surface area contributed by atoms with Crippen LogP contribution in [0.5, 0.6) is 0 Å². The first kappa shape index (κ1) is 8.73. The summed E-state index contributed by atoms with van der Waals surface area (Å²) in [5, 5.41) is 2.17. The normalized spacial score (nSPS) is 20.6. The van der Waals surface area contributed by atoms with Gasteiger partial charge in [-0.25, -0.2) is 0 Å². The summed E-state index contributed by atoms with van der Waals surface area (Å²) in [4.78, 5) is 1.34. The predicted molar refractivity (Wildman–Crippen MR) is 56.5 cm³/mol. The van der Waals surface area contributed by atoms with E-state index in [1.807, 2.05) is 0 Å². The predicted octanol–water partition coefficient (Wildman–Crippen LogP) is 3.16. The van der Waals surface area contributed by atoms with Gasteiger partial charge in [0.2, 0.25) is 0 Å². The molecule has 0 radical (unpaired) electrons. The zero-order valence-electron chi connectivity index (χ0n) is 7.06. The molecule has 1 aromatic heterocycles. The van der Waals surface area contributed by atoms with E-state index in [0.717, 1.165) is 12.8 Å². The Hall–Kier alpha value is 0.140. The monoisotopic (exact) mass is 245 g/mol. The molecule has 0 atom stereocenters. The summed E-state index contributed by atoms with van der Waals surface area (Å²) < 4.78 is 1.23. The fraction of sp³-hybridized carbons (Fsp3) is 0.556. The second-order valence-corrected chi connectivity index (χ2v) is 5.24. The molecular formula is C9H12BrNS. The molecule has 1 fully saturated rings. The van der Waals surface area contributed by atoms with Gasteiger partial charge in [-0.3, -0.25) is 0 Å². The number of rotatable bonds is 1. The van der Waals surface area contributed by atoms with Crippen LogP contribution in [0.25, 0.3) is 0 Å². The van der Waals surface area contributed by atoms with Crippen molar-refractivity contribution in [2.75, 3.05) is 0 Å². The van der Waals surface area contributed by atoms with Crippen LogP contribution in [0, 0.1) is 6.92 Å². The summed E-state index contributed by atoms with van der Waals surface area (Å²) in [6.45, 7) is 2.12. The maximum atomic E-state index is 6.22. The number of hydrogen-bond acceptors (Lipinski definition) is 2. The van der Waals surface area contributed by atoms with Crippen LogP contribution in [0.2, 0.25) is 0 Å². The van der Waals surface area contributed by atoms with Gasteiger partial charge in [-0.2, -0.15) is 0 Å². The smallest absolute Gasteiger partial charge is 0.0515 e. The molecule has 12 heavy (non-hydrogen) atoms. The Morgan fingerprint density at radius 1 is 1.58 bits per heavy atom. The molecule has 0 unspecified atom stereocenters. The minimum absolute atomic E-state index is 0.00222. The van der Waals surface area contributed by atoms with Gasteiger partial charge in [-0.05, 0) is 53.1 Å². The SMILES string of the molecule is Cc1csc(C2(N)CCC2)c1Br. The highest BCUT2D eigenvalue weighted by molar-refractivity contribution is 9.10. The molecule has 0 aliphatic heterocycles. The van der Waals surface area contributed by atoms with Gasteiger partial charge in [0.05, 0.1) is 5.54 Å². The van der Waals surface area contributed by atoms with E-state index >= 15 is 0 Å². The zero-order chi connectivity index (χ0) is 8.77. The highest BCUT2D eigenvalue weighted by Gasteiger charge is 2.37. The van der Waals surface area contributed by atoms with Crippen LogP contribution in [0.3, 0.4) is 0 Å². The Morgan fingerprint density at radius 2 is 2.25 bits per heavy atom. The van der Waals surface area contributed by atoms with Crippen molar-refractivity contribution >= 4 is 27.3 Å². The molecule has 1 aliphatic carbocycles. The molecule has 0 amide bonds. The van der Waals surface area contributed by atoms with Crippen molar-refractivity contribution in [3.63, 3.8) is 0 Å². The number of halogens is 1. The fourth-order valence-corrected chi connectivity index (χ4v) is 3.61. The van der Waals surface area contributed by atoms with E-state index in [1.165, 1.54) is 21.3 Å². The molecule has 1 heterocycles. The molecule has 2 N–H and O–H groups in total. The standard InChI is InChI=1S/C9H12BrNS/c1-6-5-12-8(7(6)10)9(11)3-2-4-9/h5H,2-4,11H2,1H3. The lowest BCUT2D eigenvalue weighted by atomic mass is 9.76. The lowest BCUT2D eigenvalue weighted by Gasteiger charge is -2.37. The lowest BCUT2D eigenvalue weighted by molar-refractivity contribution is 0.258. The molecule has 0 spiro atoms. The van der Waals surface area contributed by atoms with Crippen LogP contribution in [-0.2, 0) is 5.54 Å². The molecule has 1 aromatic rings. The van der Waals surface area contributed by atoms with Gasteiger partial charge in [-0.15, -0.1) is 11.3 Å². The van der Waals surface area contributed by atoms with E-state index in [1.54, 1.807) is 11.3 Å². The molecule has 0 aromatic carbocycles.